The molecule has 0 aliphatic rings. The van der Waals surface area contributed by atoms with E-state index in [1.807, 2.05) is 0 Å². The lowest BCUT2D eigenvalue weighted by Gasteiger charge is -2.40. The minimum atomic E-state index is -3.63. The van der Waals surface area contributed by atoms with Crippen LogP contribution in [-0.4, -0.2) is 70.5 Å². The predicted octanol–water partition coefficient (Wildman–Crippen LogP) is 25.9. The zero-order valence-electron chi connectivity index (χ0n) is 61.5. The van der Waals surface area contributed by atoms with Gasteiger partial charge < -0.3 is 23.0 Å². The van der Waals surface area contributed by atoms with Crippen molar-refractivity contribution in [3.63, 3.8) is 0 Å². The summed E-state index contributed by atoms with van der Waals surface area (Å²) in [5, 5.41) is 0. The molecule has 520 valence electrons. The molecule has 0 bridgehead atoms. The van der Waals surface area contributed by atoms with E-state index in [0.29, 0.717) is 0 Å². The van der Waals surface area contributed by atoms with Gasteiger partial charge in [0, 0.05) is 9.17 Å². The van der Waals surface area contributed by atoms with Crippen LogP contribution >= 0.6 is 0 Å². The zero-order chi connectivity index (χ0) is 63.5. The van der Waals surface area contributed by atoms with E-state index in [0.717, 1.165) is 0 Å². The number of unbranched alkanes of at least 4 members (excludes halogenated alkanes) is 56. The molecule has 0 spiro atoms. The Labute approximate surface area is 548 Å². The number of quaternary nitrogens is 2. The largest absolute Gasteiger partial charge is 0.672 e. The highest BCUT2D eigenvalue weighted by Gasteiger charge is 2.27. The lowest BCUT2D eigenvalue weighted by molar-refractivity contribution is -0.929. The van der Waals surface area contributed by atoms with Gasteiger partial charge in [0.1, 0.15) is 0 Å². The van der Waals surface area contributed by atoms with Crippen molar-refractivity contribution in [3.8, 4) is 0 Å². The van der Waals surface area contributed by atoms with Gasteiger partial charge in [0.05, 0.1) is 52.4 Å². The number of rotatable bonds is 72. The lowest BCUT2D eigenvalue weighted by Crippen LogP contribution is -2.50. The molecule has 0 radical (unpaired) electrons. The van der Waals surface area contributed by atoms with Crippen LogP contribution in [0.5, 0.6) is 0 Å². The van der Waals surface area contributed by atoms with Crippen molar-refractivity contribution in [2.24, 2.45) is 0 Å². The first-order chi connectivity index (χ1) is 42.2. The SMILES string of the molecule is CCCCCCCCCC[N+](CCCCCCCCCC)(CCCCCCCCCC)CCCCCCCCCC.CCCCCCCCCC[N+](CCCCCCCCCC)(CCCCCCCCCC)CCCCCCCCCC.O=[Si]([O-])[O-]. The standard InChI is InChI=1S/2C40H84N.O3Si/c2*1-5-9-13-17-21-25-29-33-37-41(38-34-30-26-22-18-14-10-6-2,39-35-31-27-23-19-15-11-7-3)40-36-32-28-24-20-16-12-8-4;1-4(2)3/h2*5-40H2,1-4H3;/q2*+1;-2. The van der Waals surface area contributed by atoms with E-state index in [1.165, 1.54) is 472 Å². The first-order valence-electron chi connectivity index (χ1n) is 40.8. The molecule has 0 N–H and O–H groups in total. The van der Waals surface area contributed by atoms with Crippen LogP contribution in [0.25, 0.3) is 0 Å². The molecule has 0 aromatic carbocycles. The van der Waals surface area contributed by atoms with Gasteiger partial charge in [0.25, 0.3) is 0 Å². The van der Waals surface area contributed by atoms with Gasteiger partial charge in [0.15, 0.2) is 0 Å². The summed E-state index contributed by atoms with van der Waals surface area (Å²) in [5.41, 5.74) is 0. The quantitative estimate of drug-likeness (QED) is 0.0346. The molecule has 6 heteroatoms. The van der Waals surface area contributed by atoms with Gasteiger partial charge in [0.2, 0.25) is 0 Å². The normalized spacial score (nSPS) is 11.7. The summed E-state index contributed by atoms with van der Waals surface area (Å²) in [6, 6.07) is 0. The van der Waals surface area contributed by atoms with Crippen molar-refractivity contribution in [3.05, 3.63) is 0 Å². The van der Waals surface area contributed by atoms with Gasteiger partial charge in [-0.3, -0.25) is 0 Å². The molecule has 0 amide bonds. The summed E-state index contributed by atoms with van der Waals surface area (Å²) in [6.07, 6.45) is 93.5. The molecule has 0 aromatic rings. The summed E-state index contributed by atoms with van der Waals surface area (Å²) < 4.78 is 11.5. The third-order valence-corrected chi connectivity index (χ3v) is 19.9. The zero-order valence-corrected chi connectivity index (χ0v) is 62.5. The van der Waals surface area contributed by atoms with E-state index in [-0.39, 0.29) is 0 Å². The maximum absolute atomic E-state index is 8.52. The highest BCUT2D eigenvalue weighted by Crippen LogP contribution is 2.24. The van der Waals surface area contributed by atoms with Crippen molar-refractivity contribution >= 4 is 9.17 Å². The lowest BCUT2D eigenvalue weighted by atomic mass is 10.0. The topological polar surface area (TPSA) is 63.2 Å². The minimum Gasteiger partial charge on any atom is -0.672 e. The molecule has 0 aromatic heterocycles. The minimum absolute atomic E-state index is 1.37. The molecule has 0 fully saturated rings. The van der Waals surface area contributed by atoms with Crippen LogP contribution in [0, 0.1) is 0 Å². The van der Waals surface area contributed by atoms with Gasteiger partial charge in [-0.25, -0.2) is 0 Å². The summed E-state index contributed by atoms with van der Waals surface area (Å²) in [7, 11) is -3.63. The Kier molecular flexibility index (Phi) is 82.2. The fraction of sp³-hybridized carbons (Fsp3) is 1.00. The van der Waals surface area contributed by atoms with Crippen LogP contribution < -0.4 is 9.59 Å². The molecule has 0 aliphatic heterocycles. The Morgan fingerprint density at radius 2 is 0.233 bits per heavy atom. The van der Waals surface area contributed by atoms with Crippen LogP contribution in [0.1, 0.15) is 466 Å². The van der Waals surface area contributed by atoms with E-state index >= 15 is 0 Å². The smallest absolute Gasteiger partial charge is 0.0786 e. The fourth-order valence-electron chi connectivity index (χ4n) is 14.0. The van der Waals surface area contributed by atoms with Crippen LogP contribution in [0.4, 0.5) is 0 Å². The second kappa shape index (κ2) is 78.8. The van der Waals surface area contributed by atoms with Crippen molar-refractivity contribution < 1.29 is 23.0 Å². The molecule has 0 heterocycles. The van der Waals surface area contributed by atoms with Gasteiger partial charge >= 0.3 is 0 Å². The Bertz CT molecular complexity index is 942. The summed E-state index contributed by atoms with van der Waals surface area (Å²) in [6.45, 7) is 30.6. The molecule has 0 saturated carbocycles. The molecule has 0 unspecified atom stereocenters. The monoisotopic (exact) mass is 1230 g/mol. The highest BCUT2D eigenvalue weighted by molar-refractivity contribution is 6.17. The Morgan fingerprint density at radius 1 is 0.163 bits per heavy atom. The third-order valence-electron chi connectivity index (χ3n) is 19.9. The average Bonchev–Trinajstić information content (AvgIpc) is 3.70. The second-order valence-electron chi connectivity index (χ2n) is 28.5. The van der Waals surface area contributed by atoms with E-state index in [4.69, 9.17) is 14.1 Å². The summed E-state index contributed by atoms with van der Waals surface area (Å²) in [4.78, 5) is 17.0. The molecule has 0 atom stereocenters. The predicted molar refractivity (Wildman–Crippen MR) is 387 cm³/mol. The Balaban J connectivity index is -0.00000151. The summed E-state index contributed by atoms with van der Waals surface area (Å²) in [5.74, 6) is 0. The van der Waals surface area contributed by atoms with Crippen LogP contribution in [0.15, 0.2) is 0 Å². The van der Waals surface area contributed by atoms with Crippen molar-refractivity contribution in [2.75, 3.05) is 52.4 Å². The maximum atomic E-state index is 8.52. The third kappa shape index (κ3) is 74.3. The molecule has 0 saturated heterocycles. The molecular formula is C80H168N2O3Si. The van der Waals surface area contributed by atoms with Crippen molar-refractivity contribution in [1.82, 2.24) is 0 Å². The maximum Gasteiger partial charge on any atom is 0.0786 e. The van der Waals surface area contributed by atoms with Gasteiger partial charge in [-0.1, -0.05) is 364 Å². The number of hydrogen-bond donors (Lipinski definition) is 0. The molecule has 0 rings (SSSR count). The van der Waals surface area contributed by atoms with Crippen molar-refractivity contribution in [1.29, 1.82) is 0 Å². The highest BCUT2D eigenvalue weighted by atomic mass is 28.3. The Morgan fingerprint density at radius 3 is 0.314 bits per heavy atom. The number of nitrogens with zero attached hydrogens (tertiary/aromatic N) is 2. The molecule has 0 aliphatic carbocycles. The second-order valence-corrected chi connectivity index (χ2v) is 29.0. The molecule has 5 nitrogen and oxygen atoms in total. The Hall–Kier alpha value is -0.463. The van der Waals surface area contributed by atoms with E-state index < -0.39 is 9.17 Å². The average molecular weight is 1230 g/mol. The van der Waals surface area contributed by atoms with Gasteiger partial charge in [-0.2, -0.15) is 0 Å². The van der Waals surface area contributed by atoms with E-state index in [2.05, 4.69) is 55.4 Å². The van der Waals surface area contributed by atoms with Crippen LogP contribution in [0.3, 0.4) is 0 Å². The first-order valence-corrected chi connectivity index (χ1v) is 42.0. The van der Waals surface area contributed by atoms with Gasteiger partial charge in [-0.15, -0.1) is 0 Å². The van der Waals surface area contributed by atoms with E-state index in [1.54, 1.807) is 0 Å². The molecule has 86 heavy (non-hydrogen) atoms. The first kappa shape index (κ1) is 89.7. The number of hydrogen-bond acceptors (Lipinski definition) is 3. The molecular weight excluding hydrogens is 1060 g/mol. The van der Waals surface area contributed by atoms with E-state index in [9.17, 15) is 0 Å². The van der Waals surface area contributed by atoms with Crippen LogP contribution in [0.2, 0.25) is 0 Å². The fourth-order valence-corrected chi connectivity index (χ4v) is 14.0. The van der Waals surface area contributed by atoms with Gasteiger partial charge in [-0.05, 0) is 103 Å². The van der Waals surface area contributed by atoms with Crippen molar-refractivity contribution in [2.45, 2.75) is 466 Å². The van der Waals surface area contributed by atoms with Crippen LogP contribution in [-0.2, 0) is 4.46 Å². The summed E-state index contributed by atoms with van der Waals surface area (Å²) >= 11 is 0.